The molecule has 2 N–H and O–H groups in total. The van der Waals surface area contributed by atoms with Crippen molar-refractivity contribution in [2.75, 3.05) is 23.7 Å². The molecule has 1 aliphatic rings. The lowest BCUT2D eigenvalue weighted by atomic mass is 10.1. The zero-order valence-corrected chi connectivity index (χ0v) is 10.7. The van der Waals surface area contributed by atoms with Crippen molar-refractivity contribution in [1.29, 1.82) is 0 Å². The van der Waals surface area contributed by atoms with E-state index in [1.54, 1.807) is 12.4 Å². The third kappa shape index (κ3) is 2.62. The molecule has 0 aliphatic carbocycles. The van der Waals surface area contributed by atoms with Crippen LogP contribution in [0.4, 0.5) is 11.9 Å². The molecule has 0 atom stereocenters. The average Bonchev–Trinajstić information content (AvgIpc) is 2.48. The first kappa shape index (κ1) is 11.8. The van der Waals surface area contributed by atoms with Crippen molar-refractivity contribution in [3.8, 4) is 11.4 Å². The fourth-order valence-electron chi connectivity index (χ4n) is 2.25. The number of nitrogen functional groups attached to an aromatic ring is 1. The summed E-state index contributed by atoms with van der Waals surface area (Å²) in [4.78, 5) is 19.1. The fraction of sp³-hybridized carbons (Fsp3) is 0.385. The Morgan fingerprint density at radius 3 is 2.42 bits per heavy atom. The fourth-order valence-corrected chi connectivity index (χ4v) is 2.25. The zero-order valence-electron chi connectivity index (χ0n) is 10.7. The largest absolute Gasteiger partial charge is 0.368 e. The van der Waals surface area contributed by atoms with E-state index >= 15 is 0 Å². The monoisotopic (exact) mass is 256 g/mol. The van der Waals surface area contributed by atoms with Crippen LogP contribution in [0, 0.1) is 0 Å². The number of nitrogens with two attached hydrogens (primary N) is 1. The first-order chi connectivity index (χ1) is 9.33. The number of hydrogen-bond acceptors (Lipinski definition) is 6. The maximum atomic E-state index is 5.80. The molecule has 0 unspecified atom stereocenters. The molecular weight excluding hydrogens is 240 g/mol. The summed E-state index contributed by atoms with van der Waals surface area (Å²) >= 11 is 0. The van der Waals surface area contributed by atoms with E-state index in [2.05, 4.69) is 24.8 Å². The first-order valence-corrected chi connectivity index (χ1v) is 6.50. The van der Waals surface area contributed by atoms with Crippen molar-refractivity contribution in [2.24, 2.45) is 0 Å². The molecule has 1 aliphatic heterocycles. The number of anilines is 2. The number of aromatic nitrogens is 4. The Bertz CT molecular complexity index is 550. The maximum absolute atomic E-state index is 5.80. The minimum atomic E-state index is 0.266. The van der Waals surface area contributed by atoms with Crippen LogP contribution < -0.4 is 10.6 Å². The molecular formula is C13H16N6. The van der Waals surface area contributed by atoms with Crippen LogP contribution in [0.3, 0.4) is 0 Å². The molecule has 0 saturated carbocycles. The van der Waals surface area contributed by atoms with Gasteiger partial charge in [-0.1, -0.05) is 0 Å². The molecule has 0 amide bonds. The van der Waals surface area contributed by atoms with Gasteiger partial charge in [0.25, 0.3) is 0 Å². The van der Waals surface area contributed by atoms with Crippen LogP contribution >= 0.6 is 0 Å². The van der Waals surface area contributed by atoms with Crippen LogP contribution in [-0.2, 0) is 0 Å². The lowest BCUT2D eigenvalue weighted by molar-refractivity contribution is 0.568. The minimum absolute atomic E-state index is 0.266. The Morgan fingerprint density at radius 2 is 1.68 bits per heavy atom. The molecule has 6 heteroatoms. The predicted octanol–water partition coefficient (Wildman–Crippen LogP) is 1.51. The summed E-state index contributed by atoms with van der Waals surface area (Å²) in [6.07, 6.45) is 7.06. The summed E-state index contributed by atoms with van der Waals surface area (Å²) in [5, 5.41) is 0. The molecule has 2 aromatic rings. The number of rotatable bonds is 2. The summed E-state index contributed by atoms with van der Waals surface area (Å²) in [6, 6.07) is 3.74. The molecule has 0 spiro atoms. The highest BCUT2D eigenvalue weighted by Crippen LogP contribution is 2.20. The number of pyridine rings is 1. The van der Waals surface area contributed by atoms with Crippen molar-refractivity contribution in [3.63, 3.8) is 0 Å². The van der Waals surface area contributed by atoms with Gasteiger partial charge in [-0.2, -0.15) is 15.0 Å². The van der Waals surface area contributed by atoms with Gasteiger partial charge in [0.15, 0.2) is 5.82 Å². The zero-order chi connectivity index (χ0) is 13.1. The molecule has 3 rings (SSSR count). The van der Waals surface area contributed by atoms with E-state index in [9.17, 15) is 0 Å². The molecule has 6 nitrogen and oxygen atoms in total. The number of piperidine rings is 1. The van der Waals surface area contributed by atoms with Crippen LogP contribution in [0.15, 0.2) is 24.5 Å². The Labute approximate surface area is 111 Å². The molecule has 1 saturated heterocycles. The van der Waals surface area contributed by atoms with Gasteiger partial charge in [-0.05, 0) is 31.4 Å². The third-order valence-electron chi connectivity index (χ3n) is 3.22. The second-order valence-electron chi connectivity index (χ2n) is 4.60. The summed E-state index contributed by atoms with van der Waals surface area (Å²) in [6.45, 7) is 1.97. The highest BCUT2D eigenvalue weighted by Gasteiger charge is 2.15. The van der Waals surface area contributed by atoms with Crippen molar-refractivity contribution >= 4 is 11.9 Å². The minimum Gasteiger partial charge on any atom is -0.368 e. The molecule has 0 aromatic carbocycles. The van der Waals surface area contributed by atoms with E-state index in [4.69, 9.17) is 5.73 Å². The lowest BCUT2D eigenvalue weighted by Crippen LogP contribution is -2.31. The summed E-state index contributed by atoms with van der Waals surface area (Å²) in [5.41, 5.74) is 6.70. The van der Waals surface area contributed by atoms with Gasteiger partial charge in [0, 0.05) is 31.0 Å². The van der Waals surface area contributed by atoms with Gasteiger partial charge in [0.1, 0.15) is 0 Å². The maximum Gasteiger partial charge on any atom is 0.230 e. The van der Waals surface area contributed by atoms with Crippen LogP contribution in [0.25, 0.3) is 11.4 Å². The van der Waals surface area contributed by atoms with Crippen molar-refractivity contribution < 1.29 is 0 Å². The number of hydrogen-bond donors (Lipinski definition) is 1. The molecule has 2 aromatic heterocycles. The molecule has 19 heavy (non-hydrogen) atoms. The molecule has 0 bridgehead atoms. The summed E-state index contributed by atoms with van der Waals surface area (Å²) in [5.74, 6) is 1.55. The van der Waals surface area contributed by atoms with Crippen LogP contribution in [0.5, 0.6) is 0 Å². The SMILES string of the molecule is Nc1nc(-c2ccncc2)nc(N2CCCCC2)n1. The second-order valence-corrected chi connectivity index (χ2v) is 4.60. The van der Waals surface area contributed by atoms with Gasteiger partial charge in [-0.25, -0.2) is 0 Å². The van der Waals surface area contributed by atoms with Crippen molar-refractivity contribution in [3.05, 3.63) is 24.5 Å². The topological polar surface area (TPSA) is 80.8 Å². The van der Waals surface area contributed by atoms with Gasteiger partial charge < -0.3 is 10.6 Å². The van der Waals surface area contributed by atoms with E-state index in [0.29, 0.717) is 11.8 Å². The second kappa shape index (κ2) is 5.17. The normalized spacial score (nSPS) is 15.5. The highest BCUT2D eigenvalue weighted by molar-refractivity contribution is 5.57. The molecule has 98 valence electrons. The molecule has 3 heterocycles. The van der Waals surface area contributed by atoms with Gasteiger partial charge in [0.05, 0.1) is 0 Å². The summed E-state index contributed by atoms with van der Waals surface area (Å²) < 4.78 is 0. The van der Waals surface area contributed by atoms with E-state index in [1.807, 2.05) is 12.1 Å². The van der Waals surface area contributed by atoms with Crippen LogP contribution in [0.2, 0.25) is 0 Å². The Hall–Kier alpha value is -2.24. The Kier molecular flexibility index (Phi) is 3.22. The quantitative estimate of drug-likeness (QED) is 0.877. The van der Waals surface area contributed by atoms with Gasteiger partial charge >= 0.3 is 0 Å². The van der Waals surface area contributed by atoms with E-state index in [0.717, 1.165) is 18.7 Å². The third-order valence-corrected chi connectivity index (χ3v) is 3.22. The summed E-state index contributed by atoms with van der Waals surface area (Å²) in [7, 11) is 0. The highest BCUT2D eigenvalue weighted by atomic mass is 15.3. The first-order valence-electron chi connectivity index (χ1n) is 6.50. The van der Waals surface area contributed by atoms with Crippen molar-refractivity contribution in [1.82, 2.24) is 19.9 Å². The number of nitrogens with zero attached hydrogens (tertiary/aromatic N) is 5. The van der Waals surface area contributed by atoms with Crippen LogP contribution in [0.1, 0.15) is 19.3 Å². The van der Waals surface area contributed by atoms with E-state index < -0.39 is 0 Å². The van der Waals surface area contributed by atoms with Gasteiger partial charge in [-0.15, -0.1) is 0 Å². The van der Waals surface area contributed by atoms with E-state index in [1.165, 1.54) is 19.3 Å². The lowest BCUT2D eigenvalue weighted by Gasteiger charge is -2.26. The molecule has 0 radical (unpaired) electrons. The smallest absolute Gasteiger partial charge is 0.230 e. The Balaban J connectivity index is 1.96. The standard InChI is InChI=1S/C13H16N6/c14-12-16-11(10-4-6-15-7-5-10)17-13(18-12)19-8-2-1-3-9-19/h4-7H,1-3,8-9H2,(H2,14,16,17,18). The van der Waals surface area contributed by atoms with Crippen molar-refractivity contribution in [2.45, 2.75) is 19.3 Å². The van der Waals surface area contributed by atoms with Gasteiger partial charge in [-0.3, -0.25) is 4.98 Å². The van der Waals surface area contributed by atoms with Gasteiger partial charge in [0.2, 0.25) is 11.9 Å². The van der Waals surface area contributed by atoms with Crippen LogP contribution in [-0.4, -0.2) is 33.0 Å². The van der Waals surface area contributed by atoms with E-state index in [-0.39, 0.29) is 5.95 Å². The predicted molar refractivity (Wildman–Crippen MR) is 73.5 cm³/mol. The Morgan fingerprint density at radius 1 is 0.947 bits per heavy atom. The average molecular weight is 256 g/mol. The molecule has 1 fully saturated rings.